The van der Waals surface area contributed by atoms with Crippen molar-refractivity contribution in [3.8, 4) is 5.75 Å². The van der Waals surface area contributed by atoms with Crippen LogP contribution in [0.2, 0.25) is 5.02 Å². The molecule has 1 heterocycles. The highest BCUT2D eigenvalue weighted by Gasteiger charge is 2.34. The predicted molar refractivity (Wildman–Crippen MR) is 77.6 cm³/mol. The Morgan fingerprint density at radius 2 is 2.16 bits per heavy atom. The monoisotopic (exact) mass is 344 g/mol. The van der Waals surface area contributed by atoms with Crippen molar-refractivity contribution in [2.75, 3.05) is 7.11 Å². The van der Waals surface area contributed by atoms with Crippen molar-refractivity contribution in [3.63, 3.8) is 0 Å². The first-order chi connectivity index (χ1) is 8.87. The Labute approximate surface area is 125 Å². The summed E-state index contributed by atoms with van der Waals surface area (Å²) in [5.74, 6) is 0.520. The van der Waals surface area contributed by atoms with Crippen molar-refractivity contribution in [2.24, 2.45) is 7.05 Å². The lowest BCUT2D eigenvalue weighted by atomic mass is 9.92. The van der Waals surface area contributed by atoms with Gasteiger partial charge in [-0.15, -0.1) is 0 Å². The molecule has 6 heteroatoms. The van der Waals surface area contributed by atoms with Gasteiger partial charge < -0.3 is 9.84 Å². The molecule has 1 N–H and O–H groups in total. The summed E-state index contributed by atoms with van der Waals surface area (Å²) < 4.78 is 7.68. The van der Waals surface area contributed by atoms with Gasteiger partial charge in [-0.3, -0.25) is 4.68 Å². The summed E-state index contributed by atoms with van der Waals surface area (Å²) >= 11 is 9.56. The molecule has 0 aliphatic heterocycles. The van der Waals surface area contributed by atoms with Crippen molar-refractivity contribution in [1.82, 2.24) is 9.78 Å². The fourth-order valence-corrected chi connectivity index (χ4v) is 2.99. The lowest BCUT2D eigenvalue weighted by molar-refractivity contribution is 0.0898. The van der Waals surface area contributed by atoms with E-state index < -0.39 is 5.60 Å². The minimum atomic E-state index is -1.30. The SMILES string of the molecule is COc1cnn(C)c1C(C)(O)c1ccc(Br)cc1Cl. The summed E-state index contributed by atoms with van der Waals surface area (Å²) in [7, 11) is 3.29. The predicted octanol–water partition coefficient (Wildman–Crippen LogP) is 3.10. The van der Waals surface area contributed by atoms with Crippen molar-refractivity contribution in [2.45, 2.75) is 12.5 Å². The Hall–Kier alpha value is -1.04. The van der Waals surface area contributed by atoms with Gasteiger partial charge in [0.2, 0.25) is 0 Å². The molecule has 0 spiro atoms. The average Bonchev–Trinajstić information content (AvgIpc) is 2.70. The van der Waals surface area contributed by atoms with Crippen molar-refractivity contribution >= 4 is 27.5 Å². The topological polar surface area (TPSA) is 47.3 Å². The Kier molecular flexibility index (Phi) is 3.90. The van der Waals surface area contributed by atoms with E-state index in [0.29, 0.717) is 22.0 Å². The van der Waals surface area contributed by atoms with Crippen molar-refractivity contribution in [1.29, 1.82) is 0 Å². The molecule has 4 nitrogen and oxygen atoms in total. The van der Waals surface area contributed by atoms with Gasteiger partial charge >= 0.3 is 0 Å². The zero-order chi connectivity index (χ0) is 14.2. The van der Waals surface area contributed by atoms with E-state index in [1.807, 2.05) is 6.07 Å². The van der Waals surface area contributed by atoms with E-state index >= 15 is 0 Å². The quantitative estimate of drug-likeness (QED) is 0.930. The van der Waals surface area contributed by atoms with Gasteiger partial charge in [0.05, 0.1) is 13.3 Å². The van der Waals surface area contributed by atoms with E-state index in [0.717, 1.165) is 4.47 Å². The highest BCUT2D eigenvalue weighted by molar-refractivity contribution is 9.10. The zero-order valence-electron chi connectivity index (χ0n) is 10.8. The summed E-state index contributed by atoms with van der Waals surface area (Å²) in [6.07, 6.45) is 1.57. The smallest absolute Gasteiger partial charge is 0.163 e. The third kappa shape index (κ3) is 2.50. The molecule has 0 saturated heterocycles. The molecule has 1 aromatic heterocycles. The fraction of sp³-hybridized carbons (Fsp3) is 0.308. The maximum Gasteiger partial charge on any atom is 0.163 e. The first-order valence-corrected chi connectivity index (χ1v) is 6.79. The van der Waals surface area contributed by atoms with E-state index in [-0.39, 0.29) is 0 Å². The van der Waals surface area contributed by atoms with E-state index in [4.69, 9.17) is 16.3 Å². The zero-order valence-corrected chi connectivity index (χ0v) is 13.2. The van der Waals surface area contributed by atoms with Gasteiger partial charge in [-0.1, -0.05) is 33.6 Å². The number of aliphatic hydroxyl groups is 1. The number of aromatic nitrogens is 2. The van der Waals surface area contributed by atoms with Crippen LogP contribution >= 0.6 is 27.5 Å². The molecular formula is C13H14BrClN2O2. The maximum atomic E-state index is 10.9. The standard InChI is InChI=1S/C13H14BrClN2O2/c1-13(18,9-5-4-8(14)6-10(9)15)12-11(19-3)7-16-17(12)2/h4-7,18H,1-3H3. The van der Waals surface area contributed by atoms with Gasteiger partial charge in [0.1, 0.15) is 11.3 Å². The van der Waals surface area contributed by atoms with E-state index in [1.165, 1.54) is 0 Å². The summed E-state index contributed by atoms with van der Waals surface area (Å²) in [5, 5.41) is 15.5. The van der Waals surface area contributed by atoms with Crippen LogP contribution in [0.5, 0.6) is 5.75 Å². The highest BCUT2D eigenvalue weighted by Crippen LogP contribution is 2.38. The van der Waals surface area contributed by atoms with Crippen LogP contribution in [0.1, 0.15) is 18.2 Å². The summed E-state index contributed by atoms with van der Waals surface area (Å²) in [4.78, 5) is 0. The molecule has 0 aliphatic carbocycles. The molecule has 19 heavy (non-hydrogen) atoms. The van der Waals surface area contributed by atoms with Crippen LogP contribution in [-0.4, -0.2) is 22.0 Å². The lowest BCUT2D eigenvalue weighted by Gasteiger charge is -2.26. The number of methoxy groups -OCH3 is 1. The summed E-state index contributed by atoms with van der Waals surface area (Å²) in [6, 6.07) is 5.35. The number of hydrogen-bond acceptors (Lipinski definition) is 3. The second-order valence-corrected chi connectivity index (χ2v) is 5.70. The Balaban J connectivity index is 2.61. The molecule has 1 unspecified atom stereocenters. The molecule has 0 fully saturated rings. The number of hydrogen-bond donors (Lipinski definition) is 1. The van der Waals surface area contributed by atoms with Gasteiger partial charge in [-0.25, -0.2) is 0 Å². The number of aryl methyl sites for hydroxylation is 1. The van der Waals surface area contributed by atoms with Gasteiger partial charge in [0.15, 0.2) is 5.75 Å². The molecular weight excluding hydrogens is 332 g/mol. The second kappa shape index (κ2) is 5.15. The number of rotatable bonds is 3. The molecule has 2 rings (SSSR count). The molecule has 2 aromatic rings. The largest absolute Gasteiger partial charge is 0.493 e. The Morgan fingerprint density at radius 1 is 1.47 bits per heavy atom. The summed E-state index contributed by atoms with van der Waals surface area (Å²) in [5.41, 5.74) is -0.146. The van der Waals surface area contributed by atoms with Crippen LogP contribution in [0.3, 0.4) is 0 Å². The Bertz CT molecular complexity index is 611. The molecule has 0 saturated carbocycles. The number of ether oxygens (including phenoxy) is 1. The van der Waals surface area contributed by atoms with Crippen LogP contribution in [0.25, 0.3) is 0 Å². The third-order valence-corrected chi connectivity index (χ3v) is 3.85. The van der Waals surface area contributed by atoms with Gasteiger partial charge in [0.25, 0.3) is 0 Å². The first-order valence-electron chi connectivity index (χ1n) is 5.62. The van der Waals surface area contributed by atoms with Crippen molar-refractivity contribution < 1.29 is 9.84 Å². The maximum absolute atomic E-state index is 10.9. The van der Waals surface area contributed by atoms with Crippen LogP contribution in [-0.2, 0) is 12.6 Å². The van der Waals surface area contributed by atoms with E-state index in [2.05, 4.69) is 21.0 Å². The van der Waals surface area contributed by atoms with E-state index in [9.17, 15) is 5.11 Å². The van der Waals surface area contributed by atoms with E-state index in [1.54, 1.807) is 44.1 Å². The van der Waals surface area contributed by atoms with Crippen LogP contribution in [0.4, 0.5) is 0 Å². The number of benzene rings is 1. The fourth-order valence-electron chi connectivity index (χ4n) is 2.13. The normalized spacial score (nSPS) is 14.2. The van der Waals surface area contributed by atoms with Gasteiger partial charge in [-0.05, 0) is 19.1 Å². The van der Waals surface area contributed by atoms with Crippen molar-refractivity contribution in [3.05, 3.63) is 45.1 Å². The van der Waals surface area contributed by atoms with Crippen LogP contribution < -0.4 is 4.74 Å². The molecule has 102 valence electrons. The average molecular weight is 346 g/mol. The highest BCUT2D eigenvalue weighted by atomic mass is 79.9. The molecule has 0 radical (unpaired) electrons. The summed E-state index contributed by atoms with van der Waals surface area (Å²) in [6.45, 7) is 1.67. The molecule has 0 bridgehead atoms. The van der Waals surface area contributed by atoms with Crippen LogP contribution in [0, 0.1) is 0 Å². The minimum Gasteiger partial charge on any atom is -0.493 e. The number of nitrogens with zero attached hydrogens (tertiary/aromatic N) is 2. The molecule has 0 aliphatic rings. The van der Waals surface area contributed by atoms with Gasteiger partial charge in [-0.2, -0.15) is 5.10 Å². The Morgan fingerprint density at radius 3 is 2.74 bits per heavy atom. The molecule has 1 atom stereocenters. The number of halogens is 2. The second-order valence-electron chi connectivity index (χ2n) is 4.38. The molecule has 0 amide bonds. The third-order valence-electron chi connectivity index (χ3n) is 3.04. The first kappa shape index (κ1) is 14.4. The lowest BCUT2D eigenvalue weighted by Crippen LogP contribution is -2.27. The minimum absolute atomic E-state index is 0.475. The van der Waals surface area contributed by atoms with Crippen LogP contribution in [0.15, 0.2) is 28.9 Å². The molecule has 1 aromatic carbocycles. The van der Waals surface area contributed by atoms with Gasteiger partial charge in [0, 0.05) is 22.1 Å².